The first-order chi connectivity index (χ1) is 16.5. The zero-order chi connectivity index (χ0) is 24.2. The van der Waals surface area contributed by atoms with E-state index in [1.54, 1.807) is 23.1 Å². The number of amidine groups is 1. The predicted molar refractivity (Wildman–Crippen MR) is 141 cm³/mol. The van der Waals surface area contributed by atoms with Gasteiger partial charge in [-0.1, -0.05) is 61.8 Å². The summed E-state index contributed by atoms with van der Waals surface area (Å²) in [7, 11) is 1.46. The summed E-state index contributed by atoms with van der Waals surface area (Å²) in [6.07, 6.45) is 3.37. The Morgan fingerprint density at radius 3 is 2.44 bits per heavy atom. The molecule has 34 heavy (non-hydrogen) atoms. The molecule has 4 rings (SSSR count). The SMILES string of the molecule is CCc1ccccc1N=C1S/C(=C\c2cc(Cl)c(O)c(OC)c2)C(=O)N1c1ccccc1CC. The molecule has 174 valence electrons. The minimum Gasteiger partial charge on any atom is -0.503 e. The fraction of sp³-hybridized carbons (Fsp3) is 0.185. The van der Waals surface area contributed by atoms with Gasteiger partial charge in [0.15, 0.2) is 16.7 Å². The Labute approximate surface area is 208 Å². The number of para-hydroxylation sites is 2. The topological polar surface area (TPSA) is 62.1 Å². The third-order valence-corrected chi connectivity index (χ3v) is 6.83. The number of benzene rings is 3. The van der Waals surface area contributed by atoms with E-state index in [1.165, 1.54) is 18.9 Å². The number of carbonyl (C=O) groups excluding carboxylic acids is 1. The number of halogens is 1. The molecule has 1 fully saturated rings. The molecule has 0 aromatic heterocycles. The van der Waals surface area contributed by atoms with Crippen molar-refractivity contribution in [2.75, 3.05) is 12.0 Å². The average Bonchev–Trinajstić information content (AvgIpc) is 3.15. The minimum absolute atomic E-state index is 0.131. The molecule has 3 aromatic carbocycles. The first kappa shape index (κ1) is 23.9. The Balaban J connectivity index is 1.85. The number of phenolic OH excluding ortho intramolecular Hbond substituents is 1. The van der Waals surface area contributed by atoms with Crippen LogP contribution in [0.4, 0.5) is 11.4 Å². The molecule has 1 saturated heterocycles. The lowest BCUT2D eigenvalue weighted by molar-refractivity contribution is -0.113. The van der Waals surface area contributed by atoms with Crippen molar-refractivity contribution in [2.24, 2.45) is 4.99 Å². The van der Waals surface area contributed by atoms with Gasteiger partial charge in [0.25, 0.3) is 5.91 Å². The number of thioether (sulfide) groups is 1. The number of amides is 1. The maximum atomic E-state index is 13.7. The van der Waals surface area contributed by atoms with Gasteiger partial charge in [0.1, 0.15) is 0 Å². The Morgan fingerprint density at radius 1 is 1.06 bits per heavy atom. The number of aromatic hydroxyl groups is 1. The van der Waals surface area contributed by atoms with E-state index in [9.17, 15) is 9.90 Å². The highest BCUT2D eigenvalue weighted by atomic mass is 35.5. The van der Waals surface area contributed by atoms with Crippen molar-refractivity contribution in [3.05, 3.63) is 87.3 Å². The van der Waals surface area contributed by atoms with E-state index in [2.05, 4.69) is 13.8 Å². The van der Waals surface area contributed by atoms with Crippen LogP contribution in [0.5, 0.6) is 11.5 Å². The molecular weight excluding hydrogens is 468 g/mol. The van der Waals surface area contributed by atoms with Crippen molar-refractivity contribution in [2.45, 2.75) is 26.7 Å². The molecule has 7 heteroatoms. The van der Waals surface area contributed by atoms with Gasteiger partial charge in [0.05, 0.1) is 28.4 Å². The van der Waals surface area contributed by atoms with E-state index in [0.717, 1.165) is 35.3 Å². The number of carbonyl (C=O) groups is 1. The van der Waals surface area contributed by atoms with Gasteiger partial charge < -0.3 is 9.84 Å². The number of phenols is 1. The second-order valence-corrected chi connectivity index (χ2v) is 9.08. The Morgan fingerprint density at radius 2 is 1.74 bits per heavy atom. The summed E-state index contributed by atoms with van der Waals surface area (Å²) in [4.78, 5) is 20.8. The smallest absolute Gasteiger partial charge is 0.271 e. The van der Waals surface area contributed by atoms with Gasteiger partial charge in [-0.3, -0.25) is 9.69 Å². The van der Waals surface area contributed by atoms with Gasteiger partial charge in [0.2, 0.25) is 0 Å². The van der Waals surface area contributed by atoms with Gasteiger partial charge >= 0.3 is 0 Å². The number of methoxy groups -OCH3 is 1. The summed E-state index contributed by atoms with van der Waals surface area (Å²) in [6, 6.07) is 19.1. The number of hydrogen-bond acceptors (Lipinski definition) is 5. The zero-order valence-electron chi connectivity index (χ0n) is 19.2. The monoisotopic (exact) mass is 492 g/mol. The molecule has 0 spiro atoms. The number of anilines is 1. The molecule has 1 N–H and O–H groups in total. The van der Waals surface area contributed by atoms with Crippen LogP contribution in [0.15, 0.2) is 70.6 Å². The second kappa shape index (κ2) is 10.4. The molecule has 0 saturated carbocycles. The Bertz CT molecular complexity index is 1300. The van der Waals surface area contributed by atoms with E-state index in [-0.39, 0.29) is 22.4 Å². The highest BCUT2D eigenvalue weighted by Gasteiger charge is 2.36. The van der Waals surface area contributed by atoms with E-state index >= 15 is 0 Å². The third-order valence-electron chi connectivity index (χ3n) is 5.58. The molecule has 0 bridgehead atoms. The lowest BCUT2D eigenvalue weighted by Gasteiger charge is -2.19. The van der Waals surface area contributed by atoms with E-state index < -0.39 is 0 Å². The number of hydrogen-bond donors (Lipinski definition) is 1. The van der Waals surface area contributed by atoms with Crippen molar-refractivity contribution in [1.29, 1.82) is 0 Å². The lowest BCUT2D eigenvalue weighted by Crippen LogP contribution is -2.29. The molecule has 0 atom stereocenters. The summed E-state index contributed by atoms with van der Waals surface area (Å²) in [5, 5.41) is 10.8. The maximum Gasteiger partial charge on any atom is 0.271 e. The molecule has 0 aliphatic carbocycles. The molecule has 1 heterocycles. The summed E-state index contributed by atoms with van der Waals surface area (Å²) >= 11 is 7.48. The predicted octanol–water partition coefficient (Wildman–Crippen LogP) is 6.99. The fourth-order valence-corrected chi connectivity index (χ4v) is 5.00. The molecule has 1 aliphatic rings. The van der Waals surface area contributed by atoms with Gasteiger partial charge in [-0.25, -0.2) is 4.99 Å². The van der Waals surface area contributed by atoms with Crippen LogP contribution in [0.3, 0.4) is 0 Å². The molecule has 0 radical (unpaired) electrons. The zero-order valence-corrected chi connectivity index (χ0v) is 20.8. The summed E-state index contributed by atoms with van der Waals surface area (Å²) in [6.45, 7) is 4.15. The number of nitrogens with zero attached hydrogens (tertiary/aromatic N) is 2. The molecule has 3 aromatic rings. The van der Waals surface area contributed by atoms with Gasteiger partial charge in [-0.2, -0.15) is 0 Å². The van der Waals surface area contributed by atoms with Gasteiger partial charge in [-0.15, -0.1) is 0 Å². The number of ether oxygens (including phenoxy) is 1. The van der Waals surface area contributed by atoms with Crippen LogP contribution in [-0.4, -0.2) is 23.3 Å². The van der Waals surface area contributed by atoms with Crippen molar-refractivity contribution in [1.82, 2.24) is 0 Å². The van der Waals surface area contributed by atoms with Crippen LogP contribution in [0, 0.1) is 0 Å². The van der Waals surface area contributed by atoms with Crippen molar-refractivity contribution < 1.29 is 14.6 Å². The van der Waals surface area contributed by atoms with Crippen LogP contribution < -0.4 is 9.64 Å². The highest BCUT2D eigenvalue weighted by molar-refractivity contribution is 8.19. The number of rotatable bonds is 6. The number of aryl methyl sites for hydroxylation is 2. The van der Waals surface area contributed by atoms with E-state index in [4.69, 9.17) is 21.3 Å². The van der Waals surface area contributed by atoms with Crippen LogP contribution in [-0.2, 0) is 17.6 Å². The Kier molecular flexibility index (Phi) is 7.29. The average molecular weight is 493 g/mol. The molecule has 1 amide bonds. The minimum atomic E-state index is -0.165. The number of aliphatic imine (C=N–C) groups is 1. The summed E-state index contributed by atoms with van der Waals surface area (Å²) in [5.41, 5.74) is 4.48. The molecule has 1 aliphatic heterocycles. The molecule has 0 unspecified atom stereocenters. The third kappa shape index (κ3) is 4.69. The quantitative estimate of drug-likeness (QED) is 0.377. The van der Waals surface area contributed by atoms with Crippen molar-refractivity contribution >= 4 is 51.9 Å². The maximum absolute atomic E-state index is 13.7. The second-order valence-electron chi connectivity index (χ2n) is 7.66. The summed E-state index contributed by atoms with van der Waals surface area (Å²) in [5.74, 6) is -0.0517. The van der Waals surface area contributed by atoms with Gasteiger partial charge in [0, 0.05) is 0 Å². The lowest BCUT2D eigenvalue weighted by atomic mass is 10.1. The summed E-state index contributed by atoms with van der Waals surface area (Å²) < 4.78 is 5.21. The first-order valence-corrected chi connectivity index (χ1v) is 12.2. The van der Waals surface area contributed by atoms with Crippen LogP contribution in [0.25, 0.3) is 6.08 Å². The van der Waals surface area contributed by atoms with Crippen LogP contribution in [0.1, 0.15) is 30.5 Å². The standard InChI is InChI=1S/C27H25ClN2O3S/c1-4-18-10-6-8-12-21(18)29-27-30(22-13-9-7-11-19(22)5-2)26(32)24(34-27)16-17-14-20(28)25(31)23(15-17)33-3/h6-16,31H,4-5H2,1-3H3/b24-16-,29-27?. The highest BCUT2D eigenvalue weighted by Crippen LogP contribution is 2.41. The van der Waals surface area contributed by atoms with E-state index in [1.807, 2.05) is 48.5 Å². The largest absolute Gasteiger partial charge is 0.503 e. The molecule has 5 nitrogen and oxygen atoms in total. The normalized spacial score (nSPS) is 16.0. The first-order valence-electron chi connectivity index (χ1n) is 11.0. The van der Waals surface area contributed by atoms with Crippen LogP contribution >= 0.6 is 23.4 Å². The fourth-order valence-electron chi connectivity index (χ4n) is 3.80. The van der Waals surface area contributed by atoms with E-state index in [0.29, 0.717) is 15.6 Å². The van der Waals surface area contributed by atoms with Crippen molar-refractivity contribution in [3.63, 3.8) is 0 Å². The van der Waals surface area contributed by atoms with Gasteiger partial charge in [-0.05, 0) is 71.6 Å². The Hall–Kier alpha value is -3.22. The van der Waals surface area contributed by atoms with Crippen molar-refractivity contribution in [3.8, 4) is 11.5 Å². The van der Waals surface area contributed by atoms with Crippen LogP contribution in [0.2, 0.25) is 5.02 Å². The molecular formula is C27H25ClN2O3S.